The second-order valence-corrected chi connectivity index (χ2v) is 20.6. The monoisotopic (exact) mass is 490 g/mol. The highest BCUT2D eigenvalue weighted by Gasteiger charge is 2.40. The first kappa shape index (κ1) is 31.6. The molecule has 0 aliphatic rings. The quantitative estimate of drug-likeness (QED) is 0.102. The molecule has 0 unspecified atom stereocenters. The van der Waals surface area contributed by atoms with Gasteiger partial charge in [0.1, 0.15) is 14.2 Å². The van der Waals surface area contributed by atoms with E-state index in [1.807, 2.05) is 13.0 Å². The van der Waals surface area contributed by atoms with Gasteiger partial charge < -0.3 is 9.16 Å². The SMILES string of the molecule is CC[Si](C#C[C@@H](O[Si](C)(C)C(C)(C)C)[C@H](C)\C=C(C)/C=C(C)/C=C(\C)C(=O)OC)(CC)CC. The molecule has 0 rings (SSSR count). The second-order valence-electron chi connectivity index (χ2n) is 10.9. The Morgan fingerprint density at radius 2 is 1.48 bits per heavy atom. The van der Waals surface area contributed by atoms with Crippen LogP contribution in [0, 0.1) is 17.4 Å². The average Bonchev–Trinajstić information content (AvgIpc) is 2.72. The molecule has 33 heavy (non-hydrogen) atoms. The van der Waals surface area contributed by atoms with Gasteiger partial charge in [0, 0.05) is 11.5 Å². The van der Waals surface area contributed by atoms with Gasteiger partial charge in [-0.15, -0.1) is 5.54 Å². The van der Waals surface area contributed by atoms with Crippen molar-refractivity contribution in [3.05, 3.63) is 34.9 Å². The molecule has 0 aliphatic heterocycles. The van der Waals surface area contributed by atoms with E-state index in [4.69, 9.17) is 9.16 Å². The number of hydrogen-bond acceptors (Lipinski definition) is 3. The molecular formula is C28H50O3Si2. The molecule has 0 aromatic carbocycles. The number of methoxy groups -OCH3 is 1. The molecule has 0 saturated heterocycles. The molecule has 0 heterocycles. The minimum atomic E-state index is -1.97. The fourth-order valence-corrected chi connectivity index (χ4v) is 7.25. The van der Waals surface area contributed by atoms with Crippen molar-refractivity contribution in [3.63, 3.8) is 0 Å². The van der Waals surface area contributed by atoms with E-state index in [0.29, 0.717) is 5.57 Å². The van der Waals surface area contributed by atoms with Crippen molar-refractivity contribution >= 4 is 22.4 Å². The molecule has 0 aromatic rings. The summed E-state index contributed by atoms with van der Waals surface area (Å²) in [5.74, 6) is 3.51. The van der Waals surface area contributed by atoms with Crippen molar-refractivity contribution in [2.45, 2.75) is 112 Å². The largest absolute Gasteiger partial charge is 0.466 e. The third-order valence-corrected chi connectivity index (χ3v) is 16.3. The van der Waals surface area contributed by atoms with Crippen LogP contribution in [0.3, 0.4) is 0 Å². The van der Waals surface area contributed by atoms with Gasteiger partial charge in [0.15, 0.2) is 8.32 Å². The molecule has 3 nitrogen and oxygen atoms in total. The molecule has 0 bridgehead atoms. The number of carbonyl (C=O) groups excluding carboxylic acids is 1. The molecular weight excluding hydrogens is 440 g/mol. The number of allylic oxidation sites excluding steroid dienone is 4. The molecule has 188 valence electrons. The predicted octanol–water partition coefficient (Wildman–Crippen LogP) is 8.08. The smallest absolute Gasteiger partial charge is 0.333 e. The van der Waals surface area contributed by atoms with E-state index in [2.05, 4.69) is 92.1 Å². The zero-order valence-electron chi connectivity index (χ0n) is 23.7. The number of esters is 1. The summed E-state index contributed by atoms with van der Waals surface area (Å²) in [5.41, 5.74) is 6.53. The highest BCUT2D eigenvalue weighted by atomic mass is 28.4. The first-order valence-electron chi connectivity index (χ1n) is 12.4. The fraction of sp³-hybridized carbons (Fsp3) is 0.679. The molecule has 0 amide bonds. The minimum absolute atomic E-state index is 0.113. The van der Waals surface area contributed by atoms with Crippen molar-refractivity contribution in [1.82, 2.24) is 0 Å². The second kappa shape index (κ2) is 13.5. The summed E-state index contributed by atoms with van der Waals surface area (Å²) >= 11 is 0. The van der Waals surface area contributed by atoms with E-state index in [1.165, 1.54) is 25.2 Å². The Balaban J connectivity index is 6.13. The Kier molecular flexibility index (Phi) is 13.0. The van der Waals surface area contributed by atoms with E-state index in [0.717, 1.165) is 11.1 Å². The number of carbonyl (C=O) groups is 1. The highest BCUT2D eigenvalue weighted by Crippen LogP contribution is 2.38. The molecule has 0 aliphatic carbocycles. The predicted molar refractivity (Wildman–Crippen MR) is 149 cm³/mol. The molecule has 2 atom stereocenters. The molecule has 5 heteroatoms. The van der Waals surface area contributed by atoms with Gasteiger partial charge in [0.2, 0.25) is 0 Å². The van der Waals surface area contributed by atoms with Crippen LogP contribution in [0.1, 0.15) is 69.2 Å². The lowest BCUT2D eigenvalue weighted by Crippen LogP contribution is -2.45. The van der Waals surface area contributed by atoms with Gasteiger partial charge in [-0.3, -0.25) is 0 Å². The van der Waals surface area contributed by atoms with Crippen LogP contribution in [0.25, 0.3) is 0 Å². The molecule has 0 spiro atoms. The van der Waals surface area contributed by atoms with E-state index in [-0.39, 0.29) is 23.0 Å². The van der Waals surface area contributed by atoms with E-state index in [1.54, 1.807) is 6.92 Å². The number of ether oxygens (including phenoxy) is 1. The molecule has 0 saturated carbocycles. The van der Waals surface area contributed by atoms with Gasteiger partial charge in [-0.1, -0.05) is 77.7 Å². The number of hydrogen-bond donors (Lipinski definition) is 0. The summed E-state index contributed by atoms with van der Waals surface area (Å²) in [6.45, 7) is 26.4. The Labute approximate surface area is 207 Å². The average molecular weight is 491 g/mol. The van der Waals surface area contributed by atoms with Gasteiger partial charge >= 0.3 is 5.97 Å². The summed E-state index contributed by atoms with van der Waals surface area (Å²) in [6.07, 6.45) is 6.10. The maximum absolute atomic E-state index is 11.7. The topological polar surface area (TPSA) is 35.5 Å². The van der Waals surface area contributed by atoms with Crippen LogP contribution in [0.4, 0.5) is 0 Å². The maximum Gasteiger partial charge on any atom is 0.333 e. The van der Waals surface area contributed by atoms with E-state index < -0.39 is 16.4 Å². The van der Waals surface area contributed by atoms with Gasteiger partial charge in [-0.25, -0.2) is 4.79 Å². The lowest BCUT2D eigenvalue weighted by Gasteiger charge is -2.39. The summed E-state index contributed by atoms with van der Waals surface area (Å²) < 4.78 is 11.7. The minimum Gasteiger partial charge on any atom is -0.466 e. The lowest BCUT2D eigenvalue weighted by atomic mass is 10.0. The fourth-order valence-electron chi connectivity index (χ4n) is 3.51. The highest BCUT2D eigenvalue weighted by molar-refractivity contribution is 6.87. The van der Waals surface area contributed by atoms with Gasteiger partial charge in [0.25, 0.3) is 0 Å². The van der Waals surface area contributed by atoms with Crippen molar-refractivity contribution in [3.8, 4) is 11.5 Å². The zero-order chi connectivity index (χ0) is 26.0. The Hall–Kier alpha value is -1.36. The molecule has 0 aromatic heterocycles. The summed E-state index contributed by atoms with van der Waals surface area (Å²) in [4.78, 5) is 11.7. The standard InChI is InChI=1S/C28H50O3Si2/c1-14-33(15-2,16-3)18-17-26(31-32(12,13)28(8,9)10)24(6)20-22(4)19-23(5)21-25(7)27(29)30-11/h19-21,24,26H,14-16H2,1-13H3/b22-20-,23-19+,25-21+/t24-,26-/m1/s1. The third-order valence-electron chi connectivity index (χ3n) is 7.15. The normalized spacial score (nSPS) is 16.1. The van der Waals surface area contributed by atoms with Crippen LogP contribution < -0.4 is 0 Å². The lowest BCUT2D eigenvalue weighted by molar-refractivity contribution is -0.136. The van der Waals surface area contributed by atoms with Crippen molar-refractivity contribution < 1.29 is 14.0 Å². The van der Waals surface area contributed by atoms with Crippen LogP contribution in [0.2, 0.25) is 36.3 Å². The molecule has 0 N–H and O–H groups in total. The van der Waals surface area contributed by atoms with Crippen molar-refractivity contribution in [2.24, 2.45) is 5.92 Å². The molecule has 0 fully saturated rings. The van der Waals surface area contributed by atoms with E-state index in [9.17, 15) is 4.79 Å². The van der Waals surface area contributed by atoms with Crippen LogP contribution in [-0.4, -0.2) is 35.6 Å². The first-order chi connectivity index (χ1) is 15.1. The van der Waals surface area contributed by atoms with Crippen LogP contribution >= 0.6 is 0 Å². The third kappa shape index (κ3) is 10.2. The van der Waals surface area contributed by atoms with Gasteiger partial charge in [-0.05, 0) is 63.1 Å². The zero-order valence-corrected chi connectivity index (χ0v) is 25.7. The molecule has 0 radical (unpaired) electrons. The van der Waals surface area contributed by atoms with Gasteiger partial charge in [0.05, 0.1) is 7.11 Å². The van der Waals surface area contributed by atoms with Gasteiger partial charge in [-0.2, -0.15) is 0 Å². The Morgan fingerprint density at radius 1 is 0.970 bits per heavy atom. The summed E-state index contributed by atoms with van der Waals surface area (Å²) in [7, 11) is -2.12. The maximum atomic E-state index is 11.7. The summed E-state index contributed by atoms with van der Waals surface area (Å²) in [5, 5.41) is 0.132. The van der Waals surface area contributed by atoms with Crippen LogP contribution in [0.5, 0.6) is 0 Å². The van der Waals surface area contributed by atoms with E-state index >= 15 is 0 Å². The number of rotatable bonds is 10. The first-order valence-corrected chi connectivity index (χ1v) is 17.9. The van der Waals surface area contributed by atoms with Crippen molar-refractivity contribution in [2.75, 3.05) is 7.11 Å². The van der Waals surface area contributed by atoms with Crippen molar-refractivity contribution in [1.29, 1.82) is 0 Å². The van der Waals surface area contributed by atoms with Crippen LogP contribution in [0.15, 0.2) is 34.9 Å². The Bertz CT molecular complexity index is 789. The van der Waals surface area contributed by atoms with Crippen LogP contribution in [-0.2, 0) is 14.0 Å². The summed E-state index contributed by atoms with van der Waals surface area (Å²) in [6, 6.07) is 3.57. The Morgan fingerprint density at radius 3 is 1.91 bits per heavy atom.